The molecular weight excluding hydrogens is 310 g/mol. The Hall–Kier alpha value is -2.04. The summed E-state index contributed by atoms with van der Waals surface area (Å²) in [6, 6.07) is 19.7. The van der Waals surface area contributed by atoms with Crippen LogP contribution >= 0.6 is 12.4 Å². The molecule has 1 fully saturated rings. The maximum Gasteiger partial charge on any atom is 0.329 e. The van der Waals surface area contributed by atoms with Gasteiger partial charge in [-0.2, -0.15) is 0 Å². The largest absolute Gasteiger partial charge is 0.329 e. The minimum absolute atomic E-state index is 0. The number of amides is 2. The van der Waals surface area contributed by atoms with E-state index in [0.717, 1.165) is 37.6 Å². The van der Waals surface area contributed by atoms with Gasteiger partial charge in [0.15, 0.2) is 0 Å². The molecule has 0 aromatic heterocycles. The Kier molecular flexibility index (Phi) is 6.02. The topological polar surface area (TPSA) is 26.8 Å². The zero-order chi connectivity index (χ0) is 15.4. The third-order valence-corrected chi connectivity index (χ3v) is 3.99. The van der Waals surface area contributed by atoms with Crippen LogP contribution in [0.15, 0.2) is 60.7 Å². The van der Waals surface area contributed by atoms with E-state index in [-0.39, 0.29) is 18.4 Å². The normalized spacial score (nSPS) is 14.9. The predicted octanol–water partition coefficient (Wildman–Crippen LogP) is 3.61. The van der Waals surface area contributed by atoms with Gasteiger partial charge in [-0.3, -0.25) is 4.90 Å². The molecule has 1 aliphatic rings. The highest BCUT2D eigenvalue weighted by Gasteiger charge is 2.26. The second kappa shape index (κ2) is 7.99. The second-order valence-electron chi connectivity index (χ2n) is 5.58. The Morgan fingerprint density at radius 3 is 1.70 bits per heavy atom. The minimum Gasteiger partial charge on any atom is -0.321 e. The fourth-order valence-corrected chi connectivity index (χ4v) is 2.66. The van der Waals surface area contributed by atoms with Gasteiger partial charge in [0.25, 0.3) is 0 Å². The first-order valence-corrected chi connectivity index (χ1v) is 7.63. The molecule has 0 spiro atoms. The molecule has 2 aromatic rings. The van der Waals surface area contributed by atoms with Crippen LogP contribution in [0.5, 0.6) is 0 Å². The van der Waals surface area contributed by atoms with E-state index in [1.165, 1.54) is 0 Å². The van der Waals surface area contributed by atoms with E-state index in [2.05, 4.69) is 11.9 Å². The number of hydrogen-bond acceptors (Lipinski definition) is 2. The Morgan fingerprint density at radius 1 is 0.826 bits per heavy atom. The van der Waals surface area contributed by atoms with Crippen molar-refractivity contribution in [2.75, 3.05) is 38.1 Å². The number of likely N-dealkylation sites (N-methyl/N-ethyl adjacent to an activating group) is 1. The van der Waals surface area contributed by atoms with Gasteiger partial charge in [-0.1, -0.05) is 36.4 Å². The summed E-state index contributed by atoms with van der Waals surface area (Å²) in [5.41, 5.74) is 1.80. The number of para-hydroxylation sites is 2. The maximum absolute atomic E-state index is 13.0. The number of carbonyl (C=O) groups is 1. The van der Waals surface area contributed by atoms with Crippen LogP contribution in [-0.4, -0.2) is 49.1 Å². The molecule has 1 saturated heterocycles. The highest BCUT2D eigenvalue weighted by atomic mass is 35.5. The summed E-state index contributed by atoms with van der Waals surface area (Å²) in [7, 11) is 2.09. The molecule has 3 rings (SSSR count). The Labute approximate surface area is 143 Å². The number of urea groups is 1. The lowest BCUT2D eigenvalue weighted by atomic mass is 10.2. The van der Waals surface area contributed by atoms with Gasteiger partial charge in [-0.05, 0) is 31.3 Å². The van der Waals surface area contributed by atoms with Crippen LogP contribution in [0.4, 0.5) is 16.2 Å². The molecule has 4 nitrogen and oxygen atoms in total. The molecule has 1 heterocycles. The molecule has 5 heteroatoms. The van der Waals surface area contributed by atoms with Crippen molar-refractivity contribution in [3.8, 4) is 0 Å². The first kappa shape index (κ1) is 17.3. The lowest BCUT2D eigenvalue weighted by Gasteiger charge is -2.36. The van der Waals surface area contributed by atoms with Gasteiger partial charge in [0.2, 0.25) is 0 Å². The molecule has 2 aromatic carbocycles. The summed E-state index contributed by atoms with van der Waals surface area (Å²) in [4.78, 5) is 19.0. The molecule has 0 N–H and O–H groups in total. The zero-order valence-corrected chi connectivity index (χ0v) is 14.1. The van der Waals surface area contributed by atoms with E-state index >= 15 is 0 Å². The van der Waals surface area contributed by atoms with Crippen molar-refractivity contribution in [3.63, 3.8) is 0 Å². The standard InChI is InChI=1S/C18H21N3O.ClH/c1-19-12-14-20(15-13-19)18(22)21(16-8-4-2-5-9-16)17-10-6-3-7-11-17;/h2-11H,12-15H2,1H3;1H. The van der Waals surface area contributed by atoms with Crippen molar-refractivity contribution >= 4 is 29.8 Å². The van der Waals surface area contributed by atoms with Crippen molar-refractivity contribution in [1.82, 2.24) is 9.80 Å². The van der Waals surface area contributed by atoms with Gasteiger partial charge in [-0.15, -0.1) is 12.4 Å². The number of benzene rings is 2. The summed E-state index contributed by atoms with van der Waals surface area (Å²) >= 11 is 0. The zero-order valence-electron chi connectivity index (χ0n) is 13.3. The van der Waals surface area contributed by atoms with Crippen LogP contribution in [0.2, 0.25) is 0 Å². The van der Waals surface area contributed by atoms with Crippen molar-refractivity contribution < 1.29 is 4.79 Å². The number of rotatable bonds is 2. The first-order valence-electron chi connectivity index (χ1n) is 7.63. The number of anilines is 2. The summed E-state index contributed by atoms with van der Waals surface area (Å²) in [5.74, 6) is 0. The van der Waals surface area contributed by atoms with E-state index < -0.39 is 0 Å². The highest BCUT2D eigenvalue weighted by Crippen LogP contribution is 2.26. The van der Waals surface area contributed by atoms with Gasteiger partial charge in [0.05, 0.1) is 11.4 Å². The molecule has 1 aliphatic heterocycles. The molecule has 23 heavy (non-hydrogen) atoms. The van der Waals surface area contributed by atoms with Crippen LogP contribution in [0.25, 0.3) is 0 Å². The van der Waals surface area contributed by atoms with E-state index in [0.29, 0.717) is 0 Å². The van der Waals surface area contributed by atoms with Gasteiger partial charge < -0.3 is 9.80 Å². The fraction of sp³-hybridized carbons (Fsp3) is 0.278. The predicted molar refractivity (Wildman–Crippen MR) is 96.7 cm³/mol. The lowest BCUT2D eigenvalue weighted by Crippen LogP contribution is -2.51. The molecule has 2 amide bonds. The monoisotopic (exact) mass is 331 g/mol. The fourth-order valence-electron chi connectivity index (χ4n) is 2.66. The van der Waals surface area contributed by atoms with Crippen LogP contribution in [0.1, 0.15) is 0 Å². The van der Waals surface area contributed by atoms with Crippen molar-refractivity contribution in [2.45, 2.75) is 0 Å². The van der Waals surface area contributed by atoms with Crippen molar-refractivity contribution in [2.24, 2.45) is 0 Å². The summed E-state index contributed by atoms with van der Waals surface area (Å²) < 4.78 is 0. The summed E-state index contributed by atoms with van der Waals surface area (Å²) in [5, 5.41) is 0. The van der Waals surface area contributed by atoms with E-state index in [1.807, 2.05) is 65.6 Å². The number of piperazine rings is 1. The Morgan fingerprint density at radius 2 is 1.26 bits per heavy atom. The third kappa shape index (κ3) is 4.03. The quantitative estimate of drug-likeness (QED) is 0.840. The van der Waals surface area contributed by atoms with Crippen LogP contribution in [0.3, 0.4) is 0 Å². The molecule has 0 bridgehead atoms. The van der Waals surface area contributed by atoms with Crippen LogP contribution in [-0.2, 0) is 0 Å². The number of halogens is 1. The van der Waals surface area contributed by atoms with Crippen LogP contribution in [0, 0.1) is 0 Å². The summed E-state index contributed by atoms with van der Waals surface area (Å²) in [6.45, 7) is 3.38. The SMILES string of the molecule is CN1CCN(C(=O)N(c2ccccc2)c2ccccc2)CC1.Cl. The van der Waals surface area contributed by atoms with Crippen molar-refractivity contribution in [3.05, 3.63) is 60.7 Å². The van der Waals surface area contributed by atoms with E-state index in [4.69, 9.17) is 0 Å². The molecule has 0 radical (unpaired) electrons. The van der Waals surface area contributed by atoms with Gasteiger partial charge in [0, 0.05) is 26.2 Å². The molecular formula is C18H22ClN3O. The highest BCUT2D eigenvalue weighted by molar-refractivity contribution is 5.99. The van der Waals surface area contributed by atoms with Crippen LogP contribution < -0.4 is 4.90 Å². The van der Waals surface area contributed by atoms with E-state index in [1.54, 1.807) is 4.90 Å². The average Bonchev–Trinajstić information content (AvgIpc) is 2.57. The molecule has 0 aliphatic carbocycles. The minimum atomic E-state index is 0. The Bertz CT molecular complexity index is 573. The molecule has 0 saturated carbocycles. The van der Waals surface area contributed by atoms with Crippen molar-refractivity contribution in [1.29, 1.82) is 0 Å². The maximum atomic E-state index is 13.0. The van der Waals surface area contributed by atoms with Gasteiger partial charge in [0.1, 0.15) is 0 Å². The average molecular weight is 332 g/mol. The lowest BCUT2D eigenvalue weighted by molar-refractivity contribution is 0.161. The number of hydrogen-bond donors (Lipinski definition) is 0. The van der Waals surface area contributed by atoms with Gasteiger partial charge >= 0.3 is 6.03 Å². The molecule has 0 unspecified atom stereocenters. The second-order valence-corrected chi connectivity index (χ2v) is 5.58. The first-order chi connectivity index (χ1) is 10.8. The summed E-state index contributed by atoms with van der Waals surface area (Å²) in [6.07, 6.45) is 0. The Balaban J connectivity index is 0.00000192. The smallest absolute Gasteiger partial charge is 0.321 e. The van der Waals surface area contributed by atoms with E-state index in [9.17, 15) is 4.79 Å². The molecule has 122 valence electrons. The molecule has 0 atom stereocenters. The van der Waals surface area contributed by atoms with Gasteiger partial charge in [-0.25, -0.2) is 4.79 Å². The number of carbonyl (C=O) groups excluding carboxylic acids is 1. The number of nitrogens with zero attached hydrogens (tertiary/aromatic N) is 3. The third-order valence-electron chi connectivity index (χ3n) is 3.99.